The van der Waals surface area contributed by atoms with Crippen LogP contribution in [0.5, 0.6) is 0 Å². The lowest BCUT2D eigenvalue weighted by atomic mass is 10.0. The van der Waals surface area contributed by atoms with Crippen molar-refractivity contribution in [1.82, 2.24) is 9.96 Å². The van der Waals surface area contributed by atoms with E-state index in [2.05, 4.69) is 47.5 Å². The number of hydrogen-bond donors (Lipinski definition) is 0. The van der Waals surface area contributed by atoms with Gasteiger partial charge in [0.1, 0.15) is 0 Å². The van der Waals surface area contributed by atoms with Gasteiger partial charge in [-0.15, -0.1) is 5.06 Å². The van der Waals surface area contributed by atoms with E-state index in [0.717, 1.165) is 28.3 Å². The SMILES string of the molecule is C.CC(C)C.CC(C)C(=O)N1Cc2ccccc2C#Cc2ccccc21.CC(C)C(=O)ON1C(=O)CCC1=O.CC(C)N1C(=O)C=CC1=O.CC(C)N=[N+]=[N-].COC(C)C. The Morgan fingerprint density at radius 1 is 0.733 bits per heavy atom. The minimum atomic E-state index is -0.566. The summed E-state index contributed by atoms with van der Waals surface area (Å²) in [6.45, 7) is 25.5. The number of carbonyl (C=O) groups excluding carboxylic acids is 6. The molecular weight excluding hydrogens is 765 g/mol. The summed E-state index contributed by atoms with van der Waals surface area (Å²) in [7, 11) is 1.70. The number of anilines is 1. The lowest BCUT2D eigenvalue weighted by Gasteiger charge is -2.27. The number of imide groups is 2. The molecule has 3 aliphatic heterocycles. The summed E-state index contributed by atoms with van der Waals surface area (Å²) < 4.78 is 4.75. The maximum absolute atomic E-state index is 12.6. The quantitative estimate of drug-likeness (QED) is 0.0908. The lowest BCUT2D eigenvalue weighted by Crippen LogP contribution is -2.36. The highest BCUT2D eigenvalue weighted by Gasteiger charge is 2.33. The van der Waals surface area contributed by atoms with Crippen LogP contribution in [0.25, 0.3) is 10.4 Å². The Morgan fingerprint density at radius 2 is 1.18 bits per heavy atom. The fourth-order valence-corrected chi connectivity index (χ4v) is 4.37. The summed E-state index contributed by atoms with van der Waals surface area (Å²) in [5, 5.41) is 3.86. The van der Waals surface area contributed by atoms with Crippen LogP contribution in [-0.2, 0) is 44.9 Å². The first-order chi connectivity index (χ1) is 27.6. The third-order valence-electron chi connectivity index (χ3n) is 7.40. The number of para-hydroxylation sites is 1. The van der Waals surface area contributed by atoms with Crippen molar-refractivity contribution in [2.24, 2.45) is 22.9 Å². The second kappa shape index (κ2) is 29.4. The van der Waals surface area contributed by atoms with Crippen LogP contribution < -0.4 is 4.90 Å². The van der Waals surface area contributed by atoms with E-state index >= 15 is 0 Å². The van der Waals surface area contributed by atoms with Crippen molar-refractivity contribution < 1.29 is 38.3 Å². The van der Waals surface area contributed by atoms with E-state index in [0.29, 0.717) is 17.7 Å². The number of benzene rings is 2. The van der Waals surface area contributed by atoms with Gasteiger partial charge in [-0.25, -0.2) is 4.79 Å². The van der Waals surface area contributed by atoms with Gasteiger partial charge in [0.25, 0.3) is 23.6 Å². The van der Waals surface area contributed by atoms with Gasteiger partial charge in [0, 0.05) is 66.1 Å². The highest BCUT2D eigenvalue weighted by Crippen LogP contribution is 2.26. The number of hydrogen-bond acceptors (Lipinski definition) is 9. The highest BCUT2D eigenvalue weighted by molar-refractivity contribution is 6.13. The van der Waals surface area contributed by atoms with E-state index in [-0.39, 0.29) is 61.9 Å². The average Bonchev–Trinajstić information content (AvgIpc) is 3.67. The van der Waals surface area contributed by atoms with Crippen molar-refractivity contribution >= 4 is 41.2 Å². The van der Waals surface area contributed by atoms with Crippen molar-refractivity contribution in [2.45, 2.75) is 135 Å². The lowest BCUT2D eigenvalue weighted by molar-refractivity contribution is -0.199. The van der Waals surface area contributed by atoms with Crippen molar-refractivity contribution in [3.05, 3.63) is 87.8 Å². The molecule has 0 atom stereocenters. The number of azide groups is 1. The summed E-state index contributed by atoms with van der Waals surface area (Å²) in [6, 6.07) is 15.9. The molecule has 1 saturated heterocycles. The Hall–Kier alpha value is -5.77. The van der Waals surface area contributed by atoms with Crippen molar-refractivity contribution in [2.75, 3.05) is 12.0 Å². The third kappa shape index (κ3) is 21.3. The Balaban J connectivity index is 0. The molecule has 3 aliphatic rings. The van der Waals surface area contributed by atoms with E-state index in [4.69, 9.17) is 10.3 Å². The molecule has 0 aromatic heterocycles. The third-order valence-corrected chi connectivity index (χ3v) is 7.40. The van der Waals surface area contributed by atoms with Gasteiger partial charge in [-0.2, -0.15) is 0 Å². The summed E-state index contributed by atoms with van der Waals surface area (Å²) in [5.74, 6) is 5.12. The minimum Gasteiger partial charge on any atom is -0.382 e. The van der Waals surface area contributed by atoms with E-state index in [1.165, 1.54) is 17.1 Å². The molecule has 2 aromatic rings. The van der Waals surface area contributed by atoms with E-state index in [9.17, 15) is 28.8 Å². The molecule has 0 radical (unpaired) electrons. The van der Waals surface area contributed by atoms with Crippen LogP contribution in [0.1, 0.15) is 127 Å². The van der Waals surface area contributed by atoms with Gasteiger partial charge >= 0.3 is 5.97 Å². The molecule has 14 nitrogen and oxygen atoms in total. The molecule has 0 bridgehead atoms. The van der Waals surface area contributed by atoms with Gasteiger partial charge in [-0.1, -0.05) is 117 Å². The zero-order valence-corrected chi connectivity index (χ0v) is 37.3. The van der Waals surface area contributed by atoms with Crippen LogP contribution in [0, 0.1) is 29.6 Å². The largest absolute Gasteiger partial charge is 0.382 e. The van der Waals surface area contributed by atoms with Gasteiger partial charge < -0.3 is 14.5 Å². The van der Waals surface area contributed by atoms with Crippen LogP contribution in [0.4, 0.5) is 5.69 Å². The first kappa shape index (κ1) is 56.3. The fraction of sp³-hybridized carbons (Fsp3) is 0.522. The predicted octanol–water partition coefficient (Wildman–Crippen LogP) is 9.20. The minimum absolute atomic E-state index is 0. The van der Waals surface area contributed by atoms with E-state index in [1.807, 2.05) is 109 Å². The van der Waals surface area contributed by atoms with Gasteiger partial charge in [-0.3, -0.25) is 28.9 Å². The number of ether oxygens (including phenoxy) is 1. The topological polar surface area (TPSA) is 179 Å². The number of fused-ring (bicyclic) bond motifs is 2. The maximum Gasteiger partial charge on any atom is 0.335 e. The summed E-state index contributed by atoms with van der Waals surface area (Å²) in [5.41, 5.74) is 11.6. The standard InChI is InChI=1S/C19H17NO.C8H11NO4.C7H9NO2.C4H10O.C4H10.C3H7N3.CH4/c1-14(2)19(21)20-13-17-9-4-3-7-15(17)11-12-16-8-5-6-10-18(16)20;1-5(2)8(12)13-9-6(10)3-4-7(9)11;1-5(2)8-6(9)3-4-7(8)10;1-4(2)5-3;1-4(2)3;1-3(2)5-6-4;/h3-10,14H,13H2,1-2H3;5H,3-4H2,1-2H3;3-5H,1-2H3;4H,1-3H3;4H,1-3H3;3H,1-2H3;1H4. The number of hydroxylamine groups is 2. The number of nitrogens with zero attached hydrogens (tertiary/aromatic N) is 6. The Kier molecular flexibility index (Phi) is 27.6. The van der Waals surface area contributed by atoms with Gasteiger partial charge in [0.2, 0.25) is 5.91 Å². The van der Waals surface area contributed by atoms with Crippen LogP contribution >= 0.6 is 0 Å². The molecule has 3 heterocycles. The Bertz CT molecular complexity index is 1810. The van der Waals surface area contributed by atoms with Crippen LogP contribution in [0.15, 0.2) is 65.8 Å². The van der Waals surface area contributed by atoms with E-state index in [1.54, 1.807) is 21.0 Å². The van der Waals surface area contributed by atoms with Gasteiger partial charge in [-0.05, 0) is 62.9 Å². The summed E-state index contributed by atoms with van der Waals surface area (Å²) in [4.78, 5) is 77.5. The first-order valence-electron chi connectivity index (χ1n) is 19.8. The van der Waals surface area contributed by atoms with Crippen molar-refractivity contribution in [3.8, 4) is 11.8 Å². The molecule has 60 heavy (non-hydrogen) atoms. The van der Waals surface area contributed by atoms with Gasteiger partial charge in [0.15, 0.2) is 0 Å². The summed E-state index contributed by atoms with van der Waals surface area (Å²) in [6.07, 6.45) is 3.23. The van der Waals surface area contributed by atoms with Crippen molar-refractivity contribution in [1.29, 1.82) is 0 Å². The Morgan fingerprint density at radius 3 is 1.57 bits per heavy atom. The molecule has 14 heteroatoms. The Labute approximate surface area is 358 Å². The number of carbonyl (C=O) groups is 6. The van der Waals surface area contributed by atoms with Crippen molar-refractivity contribution in [3.63, 3.8) is 0 Å². The second-order valence-corrected chi connectivity index (χ2v) is 15.4. The molecule has 5 amide bonds. The second-order valence-electron chi connectivity index (χ2n) is 15.4. The normalized spacial score (nSPS) is 13.2. The highest BCUT2D eigenvalue weighted by atomic mass is 16.7. The molecule has 0 aliphatic carbocycles. The van der Waals surface area contributed by atoms with E-state index < -0.39 is 17.8 Å². The molecule has 330 valence electrons. The average molecular weight is 833 g/mol. The van der Waals surface area contributed by atoms with Gasteiger partial charge in [0.05, 0.1) is 24.3 Å². The number of methoxy groups -OCH3 is 1. The number of rotatable bonds is 6. The smallest absolute Gasteiger partial charge is 0.335 e. The van der Waals surface area contributed by atoms with Crippen LogP contribution in [0.3, 0.4) is 0 Å². The molecule has 2 aromatic carbocycles. The molecule has 0 N–H and O–H groups in total. The monoisotopic (exact) mass is 833 g/mol. The molecule has 0 saturated carbocycles. The number of amides is 5. The fourth-order valence-electron chi connectivity index (χ4n) is 4.37. The zero-order valence-electron chi connectivity index (χ0n) is 37.3. The first-order valence-corrected chi connectivity index (χ1v) is 19.8. The molecule has 0 unspecified atom stereocenters. The molecule has 1 fully saturated rings. The van der Waals surface area contributed by atoms with Crippen LogP contribution in [0.2, 0.25) is 0 Å². The molecule has 0 spiro atoms. The van der Waals surface area contributed by atoms with Crippen LogP contribution in [-0.4, -0.2) is 70.8 Å². The maximum atomic E-state index is 12.6. The molecular formula is C46H68N6O8. The predicted molar refractivity (Wildman–Crippen MR) is 237 cm³/mol. The zero-order chi connectivity index (χ0) is 45.4. The summed E-state index contributed by atoms with van der Waals surface area (Å²) >= 11 is 0. The molecule has 5 rings (SSSR count).